The topological polar surface area (TPSA) is 26.0 Å². The molecule has 0 saturated heterocycles. The van der Waals surface area contributed by atoms with Gasteiger partial charge in [-0.3, -0.25) is 0 Å². The Morgan fingerprint density at radius 2 is 1.70 bits per heavy atom. The van der Waals surface area contributed by atoms with Crippen molar-refractivity contribution in [2.45, 2.75) is 52.0 Å². The van der Waals surface area contributed by atoms with Crippen LogP contribution in [0.5, 0.6) is 0 Å². The number of thiophene rings is 1. The molecule has 1 heterocycles. The third-order valence-electron chi connectivity index (χ3n) is 4.27. The molecule has 1 nitrogen and oxygen atoms in total. The lowest BCUT2D eigenvalue weighted by molar-refractivity contribution is 0.506. The number of aryl methyl sites for hydroxylation is 1. The normalized spacial score (nSPS) is 13.4. The predicted octanol–water partition coefficient (Wildman–Crippen LogP) is 5.05. The highest BCUT2D eigenvalue weighted by atomic mass is 32.1. The van der Waals surface area contributed by atoms with Crippen molar-refractivity contribution in [3.05, 3.63) is 57.3 Å². The van der Waals surface area contributed by atoms with Crippen molar-refractivity contribution in [2.75, 3.05) is 0 Å². The maximum absolute atomic E-state index is 6.39. The molecule has 0 fully saturated rings. The van der Waals surface area contributed by atoms with Crippen LogP contribution in [0, 0.1) is 0 Å². The zero-order valence-corrected chi connectivity index (χ0v) is 13.8. The van der Waals surface area contributed by atoms with Gasteiger partial charge in [-0.15, -0.1) is 11.3 Å². The second-order valence-corrected chi connectivity index (χ2v) is 7.19. The van der Waals surface area contributed by atoms with Crippen LogP contribution in [0.2, 0.25) is 0 Å². The van der Waals surface area contributed by atoms with E-state index in [0.717, 1.165) is 12.8 Å². The second kappa shape index (κ2) is 6.11. The van der Waals surface area contributed by atoms with E-state index in [-0.39, 0.29) is 11.5 Å². The van der Waals surface area contributed by atoms with E-state index in [2.05, 4.69) is 64.1 Å². The van der Waals surface area contributed by atoms with E-state index < -0.39 is 0 Å². The molecular formula is C18H25NS. The largest absolute Gasteiger partial charge is 0.320 e. The van der Waals surface area contributed by atoms with Gasteiger partial charge in [0, 0.05) is 9.75 Å². The van der Waals surface area contributed by atoms with E-state index in [0.29, 0.717) is 0 Å². The molecule has 20 heavy (non-hydrogen) atoms. The Bertz CT molecular complexity index is 551. The lowest BCUT2D eigenvalue weighted by Crippen LogP contribution is -2.16. The average molecular weight is 287 g/mol. The summed E-state index contributed by atoms with van der Waals surface area (Å²) in [4.78, 5) is 2.66. The van der Waals surface area contributed by atoms with Gasteiger partial charge in [0.15, 0.2) is 0 Å². The third kappa shape index (κ3) is 3.13. The van der Waals surface area contributed by atoms with Crippen LogP contribution in [-0.2, 0) is 11.8 Å². The maximum Gasteiger partial charge on any atom is 0.0646 e. The van der Waals surface area contributed by atoms with Gasteiger partial charge in [0.25, 0.3) is 0 Å². The molecule has 2 aromatic rings. The average Bonchev–Trinajstić information content (AvgIpc) is 2.95. The number of hydrogen-bond donors (Lipinski definition) is 1. The first-order valence-corrected chi connectivity index (χ1v) is 8.24. The van der Waals surface area contributed by atoms with E-state index in [1.165, 1.54) is 20.9 Å². The van der Waals surface area contributed by atoms with Crippen LogP contribution in [0.3, 0.4) is 0 Å². The van der Waals surface area contributed by atoms with E-state index in [1.807, 2.05) is 11.3 Å². The van der Waals surface area contributed by atoms with Crippen molar-refractivity contribution in [1.82, 2.24) is 0 Å². The first-order valence-electron chi connectivity index (χ1n) is 7.42. The lowest BCUT2D eigenvalue weighted by Gasteiger charge is -2.24. The molecule has 0 spiro atoms. The van der Waals surface area contributed by atoms with Gasteiger partial charge in [-0.25, -0.2) is 0 Å². The molecule has 0 bridgehead atoms. The van der Waals surface area contributed by atoms with Crippen molar-refractivity contribution in [1.29, 1.82) is 0 Å². The molecule has 0 aliphatic rings. The smallest absolute Gasteiger partial charge is 0.0646 e. The van der Waals surface area contributed by atoms with E-state index in [9.17, 15) is 0 Å². The maximum atomic E-state index is 6.39. The van der Waals surface area contributed by atoms with Crippen molar-refractivity contribution < 1.29 is 0 Å². The lowest BCUT2D eigenvalue weighted by atomic mass is 9.82. The van der Waals surface area contributed by atoms with Crippen LogP contribution in [0.15, 0.2) is 36.4 Å². The summed E-state index contributed by atoms with van der Waals surface area (Å²) >= 11 is 1.83. The third-order valence-corrected chi connectivity index (χ3v) is 5.59. The highest BCUT2D eigenvalue weighted by molar-refractivity contribution is 7.12. The molecule has 0 aliphatic heterocycles. The van der Waals surface area contributed by atoms with Gasteiger partial charge in [-0.05, 0) is 41.5 Å². The Morgan fingerprint density at radius 3 is 2.20 bits per heavy atom. The summed E-state index contributed by atoms with van der Waals surface area (Å²) in [6, 6.07) is 13.2. The summed E-state index contributed by atoms with van der Waals surface area (Å²) in [6.07, 6.45) is 2.23. The van der Waals surface area contributed by atoms with Gasteiger partial charge in [0.2, 0.25) is 0 Å². The second-order valence-electron chi connectivity index (χ2n) is 5.99. The molecule has 1 unspecified atom stereocenters. The van der Waals surface area contributed by atoms with E-state index in [1.54, 1.807) is 0 Å². The highest BCUT2D eigenvalue weighted by Gasteiger charge is 2.18. The monoisotopic (exact) mass is 287 g/mol. The van der Waals surface area contributed by atoms with Gasteiger partial charge < -0.3 is 5.73 Å². The van der Waals surface area contributed by atoms with Gasteiger partial charge in [0.1, 0.15) is 0 Å². The van der Waals surface area contributed by atoms with Crippen molar-refractivity contribution in [3.63, 3.8) is 0 Å². The summed E-state index contributed by atoms with van der Waals surface area (Å²) in [5, 5.41) is 0. The van der Waals surface area contributed by atoms with Crippen LogP contribution in [0.4, 0.5) is 0 Å². The van der Waals surface area contributed by atoms with Crippen molar-refractivity contribution >= 4 is 11.3 Å². The number of benzene rings is 1. The molecule has 0 saturated carbocycles. The van der Waals surface area contributed by atoms with Gasteiger partial charge in [0.05, 0.1) is 6.04 Å². The van der Waals surface area contributed by atoms with E-state index >= 15 is 0 Å². The molecule has 0 radical (unpaired) electrons. The Hall–Kier alpha value is -1.12. The quantitative estimate of drug-likeness (QED) is 0.818. The Balaban J connectivity index is 2.21. The molecule has 0 amide bonds. The van der Waals surface area contributed by atoms with Crippen LogP contribution in [0.25, 0.3) is 0 Å². The van der Waals surface area contributed by atoms with Crippen LogP contribution >= 0.6 is 11.3 Å². The van der Waals surface area contributed by atoms with E-state index in [4.69, 9.17) is 5.73 Å². The predicted molar refractivity (Wildman–Crippen MR) is 89.5 cm³/mol. The fourth-order valence-electron chi connectivity index (χ4n) is 2.26. The van der Waals surface area contributed by atoms with Crippen molar-refractivity contribution in [3.8, 4) is 0 Å². The molecule has 1 atom stereocenters. The summed E-state index contributed by atoms with van der Waals surface area (Å²) in [5.41, 5.74) is 9.21. The van der Waals surface area contributed by atoms with Crippen molar-refractivity contribution in [2.24, 2.45) is 5.73 Å². The van der Waals surface area contributed by atoms with Gasteiger partial charge in [-0.2, -0.15) is 0 Å². The van der Waals surface area contributed by atoms with Gasteiger partial charge >= 0.3 is 0 Å². The number of hydrogen-bond acceptors (Lipinski definition) is 2. The molecule has 0 aliphatic carbocycles. The Morgan fingerprint density at radius 1 is 1.05 bits per heavy atom. The zero-order valence-electron chi connectivity index (χ0n) is 12.9. The fourth-order valence-corrected chi connectivity index (χ4v) is 3.24. The molecular weight excluding hydrogens is 262 g/mol. The molecule has 2 rings (SSSR count). The zero-order chi connectivity index (χ0) is 14.8. The minimum Gasteiger partial charge on any atom is -0.320 e. The summed E-state index contributed by atoms with van der Waals surface area (Å²) in [6.45, 7) is 8.99. The first kappa shape index (κ1) is 15.3. The minimum atomic E-state index is -0.000844. The summed E-state index contributed by atoms with van der Waals surface area (Å²) in [7, 11) is 0. The summed E-state index contributed by atoms with van der Waals surface area (Å²) < 4.78 is 0. The SMILES string of the molecule is CCc1ccc(C(N)c2ccc(C(C)(C)CC)cc2)s1. The molecule has 1 aromatic carbocycles. The minimum absolute atomic E-state index is 0.000844. The van der Waals surface area contributed by atoms with Gasteiger partial charge in [-0.1, -0.05) is 52.0 Å². The molecule has 108 valence electrons. The molecule has 2 heteroatoms. The highest BCUT2D eigenvalue weighted by Crippen LogP contribution is 2.30. The Kier molecular flexibility index (Phi) is 4.66. The standard InChI is InChI=1S/C18H25NS/c1-5-15-11-12-16(20-15)17(19)13-7-9-14(10-8-13)18(3,4)6-2/h7-12,17H,5-6,19H2,1-4H3. The number of nitrogens with two attached hydrogens (primary N) is 1. The number of rotatable bonds is 5. The summed E-state index contributed by atoms with van der Waals surface area (Å²) in [5.74, 6) is 0. The fraction of sp³-hybridized carbons (Fsp3) is 0.444. The van der Waals surface area contributed by atoms with Crippen LogP contribution < -0.4 is 5.73 Å². The van der Waals surface area contributed by atoms with Crippen LogP contribution in [0.1, 0.15) is 61.0 Å². The molecule has 2 N–H and O–H groups in total. The Labute approximate surface area is 126 Å². The van der Waals surface area contributed by atoms with Crippen LogP contribution in [-0.4, -0.2) is 0 Å². The molecule has 1 aromatic heterocycles. The first-order chi connectivity index (χ1) is 9.47.